The van der Waals surface area contributed by atoms with Crippen LogP contribution >= 0.6 is 0 Å². The molecular weight excluding hydrogens is 252 g/mol. The van der Waals surface area contributed by atoms with E-state index in [1.54, 1.807) is 4.31 Å². The zero-order valence-electron chi connectivity index (χ0n) is 10.4. The van der Waals surface area contributed by atoms with Crippen LogP contribution in [0.25, 0.3) is 0 Å². The Hall–Kier alpha value is -0.920. The number of rotatable bonds is 2. The van der Waals surface area contributed by atoms with Crippen LogP contribution in [0.15, 0.2) is 17.3 Å². The summed E-state index contributed by atoms with van der Waals surface area (Å²) in [5.41, 5.74) is 0. The average Bonchev–Trinajstić information content (AvgIpc) is 2.88. The predicted molar refractivity (Wildman–Crippen MR) is 66.5 cm³/mol. The summed E-state index contributed by atoms with van der Waals surface area (Å²) < 4.78 is 26.4. The lowest BCUT2D eigenvalue weighted by Gasteiger charge is -2.24. The Bertz CT molecular complexity index is 513. The summed E-state index contributed by atoms with van der Waals surface area (Å²) in [7, 11) is -1.29. The molecule has 7 heteroatoms. The van der Waals surface area contributed by atoms with E-state index >= 15 is 0 Å². The minimum atomic E-state index is -3.40. The molecule has 18 heavy (non-hydrogen) atoms. The van der Waals surface area contributed by atoms with Gasteiger partial charge >= 0.3 is 0 Å². The van der Waals surface area contributed by atoms with Gasteiger partial charge in [0.1, 0.15) is 0 Å². The van der Waals surface area contributed by atoms with E-state index in [0.29, 0.717) is 25.2 Å². The SMILES string of the molecule is CN1C2CCC1CN(S(=O)(=O)c1ccn[nH]1)CC2. The van der Waals surface area contributed by atoms with Crippen molar-refractivity contribution in [2.24, 2.45) is 0 Å². The molecule has 2 aliphatic rings. The van der Waals surface area contributed by atoms with Crippen LogP contribution in [0.3, 0.4) is 0 Å². The second kappa shape index (κ2) is 4.32. The second-order valence-electron chi connectivity index (χ2n) is 5.12. The molecule has 1 N–H and O–H groups in total. The number of fused-ring (bicyclic) bond motifs is 2. The lowest BCUT2D eigenvalue weighted by atomic mass is 10.1. The molecule has 3 rings (SSSR count). The molecule has 0 amide bonds. The van der Waals surface area contributed by atoms with E-state index in [4.69, 9.17) is 0 Å². The number of sulfonamides is 1. The van der Waals surface area contributed by atoms with Crippen molar-refractivity contribution in [3.8, 4) is 0 Å². The molecule has 1 aromatic heterocycles. The van der Waals surface area contributed by atoms with Crippen molar-refractivity contribution < 1.29 is 8.42 Å². The minimum Gasteiger partial charge on any atom is -0.299 e. The Balaban J connectivity index is 1.86. The van der Waals surface area contributed by atoms with Crippen LogP contribution in [0.5, 0.6) is 0 Å². The zero-order chi connectivity index (χ0) is 12.8. The van der Waals surface area contributed by atoms with Crippen LogP contribution in [0, 0.1) is 0 Å². The maximum Gasteiger partial charge on any atom is 0.260 e. The Morgan fingerprint density at radius 2 is 2.11 bits per heavy atom. The lowest BCUT2D eigenvalue weighted by Crippen LogP contribution is -2.39. The van der Waals surface area contributed by atoms with Gasteiger partial charge in [0.05, 0.1) is 6.20 Å². The summed E-state index contributed by atoms with van der Waals surface area (Å²) in [5.74, 6) is 0. The summed E-state index contributed by atoms with van der Waals surface area (Å²) in [5, 5.41) is 6.48. The number of aromatic nitrogens is 2. The van der Waals surface area contributed by atoms with E-state index in [1.807, 2.05) is 0 Å². The monoisotopic (exact) mass is 270 g/mol. The maximum absolute atomic E-state index is 12.4. The first-order chi connectivity index (χ1) is 8.59. The van der Waals surface area contributed by atoms with Gasteiger partial charge in [-0.15, -0.1) is 0 Å². The third kappa shape index (κ3) is 1.86. The van der Waals surface area contributed by atoms with E-state index in [-0.39, 0.29) is 5.03 Å². The number of nitrogens with zero attached hydrogens (tertiary/aromatic N) is 3. The fraction of sp³-hybridized carbons (Fsp3) is 0.727. The molecule has 3 heterocycles. The number of likely N-dealkylation sites (N-methyl/N-ethyl adjacent to an activating group) is 1. The van der Waals surface area contributed by atoms with Crippen LogP contribution in [-0.4, -0.2) is 60.0 Å². The van der Waals surface area contributed by atoms with Gasteiger partial charge in [0.2, 0.25) is 0 Å². The normalized spacial score (nSPS) is 30.5. The summed E-state index contributed by atoms with van der Waals surface area (Å²) >= 11 is 0. The van der Waals surface area contributed by atoms with Crippen molar-refractivity contribution in [1.82, 2.24) is 19.4 Å². The second-order valence-corrected chi connectivity index (χ2v) is 7.03. The number of hydrogen-bond acceptors (Lipinski definition) is 4. The van der Waals surface area contributed by atoms with E-state index in [2.05, 4.69) is 22.1 Å². The molecule has 6 nitrogen and oxygen atoms in total. The Morgan fingerprint density at radius 3 is 2.83 bits per heavy atom. The summed E-state index contributed by atoms with van der Waals surface area (Å²) in [6.45, 7) is 1.20. The minimum absolute atomic E-state index is 0.197. The van der Waals surface area contributed by atoms with Crippen molar-refractivity contribution in [2.75, 3.05) is 20.1 Å². The summed E-state index contributed by atoms with van der Waals surface area (Å²) in [4.78, 5) is 2.34. The van der Waals surface area contributed by atoms with Gasteiger partial charge in [-0.25, -0.2) is 8.42 Å². The summed E-state index contributed by atoms with van der Waals surface area (Å²) in [6, 6.07) is 2.41. The third-order valence-electron chi connectivity index (χ3n) is 4.20. The smallest absolute Gasteiger partial charge is 0.260 e. The molecular formula is C11H18N4O2S. The topological polar surface area (TPSA) is 69.3 Å². The molecule has 2 bridgehead atoms. The molecule has 0 aliphatic carbocycles. The first-order valence-electron chi connectivity index (χ1n) is 6.30. The Morgan fingerprint density at radius 1 is 1.33 bits per heavy atom. The van der Waals surface area contributed by atoms with Crippen LogP contribution < -0.4 is 0 Å². The highest BCUT2D eigenvalue weighted by atomic mass is 32.2. The molecule has 2 unspecified atom stereocenters. The van der Waals surface area contributed by atoms with Gasteiger partial charge in [-0.2, -0.15) is 9.40 Å². The fourth-order valence-corrected chi connectivity index (χ4v) is 4.41. The van der Waals surface area contributed by atoms with Crippen LogP contribution in [0.4, 0.5) is 0 Å². The molecule has 100 valence electrons. The molecule has 2 fully saturated rings. The molecule has 2 aliphatic heterocycles. The first-order valence-corrected chi connectivity index (χ1v) is 7.74. The quantitative estimate of drug-likeness (QED) is 0.837. The standard InChI is InChI=1S/C11H18N4O2S/c1-14-9-2-3-10(14)8-15(7-5-9)18(16,17)11-4-6-12-13-11/h4,6,9-10H,2-3,5,7-8H2,1H3,(H,12,13). The number of nitrogens with one attached hydrogen (secondary N) is 1. The molecule has 0 radical (unpaired) electrons. The van der Waals surface area contributed by atoms with Gasteiger partial charge in [-0.05, 0) is 32.4 Å². The highest BCUT2D eigenvalue weighted by molar-refractivity contribution is 7.89. The molecule has 0 spiro atoms. The highest BCUT2D eigenvalue weighted by Gasteiger charge is 2.38. The van der Waals surface area contributed by atoms with E-state index in [0.717, 1.165) is 12.8 Å². The molecule has 2 saturated heterocycles. The number of aromatic amines is 1. The summed E-state index contributed by atoms with van der Waals surface area (Å²) in [6.07, 6.45) is 4.68. The molecule has 1 aromatic rings. The Kier molecular flexibility index (Phi) is 2.91. The van der Waals surface area contributed by atoms with Gasteiger partial charge in [0.25, 0.3) is 10.0 Å². The number of hydrogen-bond donors (Lipinski definition) is 1. The van der Waals surface area contributed by atoms with Crippen LogP contribution in [0.2, 0.25) is 0 Å². The Labute approximate surface area is 107 Å². The van der Waals surface area contributed by atoms with Crippen LogP contribution in [-0.2, 0) is 10.0 Å². The highest BCUT2D eigenvalue weighted by Crippen LogP contribution is 2.30. The zero-order valence-corrected chi connectivity index (χ0v) is 11.2. The molecule has 0 aromatic carbocycles. The predicted octanol–water partition coefficient (Wildman–Crippen LogP) is 0.267. The van der Waals surface area contributed by atoms with Crippen molar-refractivity contribution in [3.63, 3.8) is 0 Å². The van der Waals surface area contributed by atoms with Crippen LogP contribution in [0.1, 0.15) is 19.3 Å². The van der Waals surface area contributed by atoms with Gasteiger partial charge < -0.3 is 0 Å². The van der Waals surface area contributed by atoms with Crippen molar-refractivity contribution in [2.45, 2.75) is 36.4 Å². The van der Waals surface area contributed by atoms with Gasteiger partial charge in [0.15, 0.2) is 5.03 Å². The number of H-pyrrole nitrogens is 1. The molecule has 0 saturated carbocycles. The van der Waals surface area contributed by atoms with E-state index < -0.39 is 10.0 Å². The lowest BCUT2D eigenvalue weighted by molar-refractivity contribution is 0.246. The van der Waals surface area contributed by atoms with Gasteiger partial charge in [0, 0.05) is 25.2 Å². The average molecular weight is 270 g/mol. The van der Waals surface area contributed by atoms with Crippen molar-refractivity contribution >= 4 is 10.0 Å². The maximum atomic E-state index is 12.4. The third-order valence-corrected chi connectivity index (χ3v) is 6.00. The van der Waals surface area contributed by atoms with Gasteiger partial charge in [-0.1, -0.05) is 0 Å². The van der Waals surface area contributed by atoms with Crippen molar-refractivity contribution in [1.29, 1.82) is 0 Å². The molecule has 2 atom stereocenters. The van der Waals surface area contributed by atoms with E-state index in [1.165, 1.54) is 18.7 Å². The fourth-order valence-electron chi connectivity index (χ4n) is 3.02. The van der Waals surface area contributed by atoms with Gasteiger partial charge in [-0.3, -0.25) is 10.00 Å². The first kappa shape index (κ1) is 12.1. The van der Waals surface area contributed by atoms with E-state index in [9.17, 15) is 8.42 Å². The van der Waals surface area contributed by atoms with Crippen molar-refractivity contribution in [3.05, 3.63) is 12.3 Å². The largest absolute Gasteiger partial charge is 0.299 e.